The molecule has 2 N–H and O–H groups in total. The van der Waals surface area contributed by atoms with Crippen LogP contribution in [0.2, 0.25) is 5.02 Å². The van der Waals surface area contributed by atoms with Gasteiger partial charge in [0, 0.05) is 30.4 Å². The zero-order chi connectivity index (χ0) is 25.3. The van der Waals surface area contributed by atoms with Gasteiger partial charge in [0.1, 0.15) is 5.02 Å². The molecule has 2 aliphatic carbocycles. The van der Waals surface area contributed by atoms with E-state index in [4.69, 9.17) is 16.6 Å². The van der Waals surface area contributed by atoms with Crippen molar-refractivity contribution in [3.63, 3.8) is 0 Å². The predicted octanol–water partition coefficient (Wildman–Crippen LogP) is 5.80. The van der Waals surface area contributed by atoms with Crippen LogP contribution in [0.3, 0.4) is 0 Å². The van der Waals surface area contributed by atoms with Crippen LogP contribution in [0.4, 0.5) is 11.6 Å². The van der Waals surface area contributed by atoms with Crippen LogP contribution in [0.25, 0.3) is 16.7 Å². The number of halogens is 1. The molecule has 2 aromatic heterocycles. The number of para-hydroxylation sites is 1. The quantitative estimate of drug-likeness (QED) is 0.339. The number of anilines is 2. The van der Waals surface area contributed by atoms with E-state index < -0.39 is 11.4 Å². The van der Waals surface area contributed by atoms with Crippen molar-refractivity contribution in [2.45, 2.75) is 50.0 Å². The van der Waals surface area contributed by atoms with Crippen molar-refractivity contribution >= 4 is 40.1 Å². The van der Waals surface area contributed by atoms with Crippen molar-refractivity contribution in [2.75, 3.05) is 18.9 Å². The molecule has 7 rings (SSSR count). The molecule has 3 heterocycles. The first-order chi connectivity index (χ1) is 17.9. The van der Waals surface area contributed by atoms with Crippen LogP contribution in [-0.2, 0) is 23.2 Å². The summed E-state index contributed by atoms with van der Waals surface area (Å²) >= 11 is 6.63. The zero-order valence-electron chi connectivity index (χ0n) is 20.7. The number of carbonyl (C=O) groups is 1. The van der Waals surface area contributed by atoms with Crippen LogP contribution >= 0.6 is 11.6 Å². The maximum absolute atomic E-state index is 12.1. The summed E-state index contributed by atoms with van der Waals surface area (Å²) in [5.41, 5.74) is 6.21. The number of likely N-dealkylation sites (N-methyl/N-ethyl adjacent to an activating group) is 1. The molecule has 188 valence electrons. The number of rotatable bonds is 6. The maximum Gasteiger partial charge on any atom is 0.314 e. The Bertz CT molecular complexity index is 1570. The second-order valence-electron chi connectivity index (χ2n) is 10.8. The van der Waals surface area contributed by atoms with Crippen molar-refractivity contribution in [1.82, 2.24) is 19.4 Å². The third kappa shape index (κ3) is 3.80. The fourth-order valence-electron chi connectivity index (χ4n) is 5.88. The van der Waals surface area contributed by atoms with Crippen LogP contribution in [-0.4, -0.2) is 44.1 Å². The molecule has 1 aliphatic heterocycles. The lowest BCUT2D eigenvalue weighted by Crippen LogP contribution is -2.27. The molecule has 2 fully saturated rings. The number of hydrogen-bond acceptors (Lipinski definition) is 5. The van der Waals surface area contributed by atoms with E-state index in [9.17, 15) is 9.90 Å². The SMILES string of the molecule is CN1CCc2c(cc(Nc3ncc(Cl)c(-n4cc(C5(C(=O)O)CC5)c5ccccc54)n3)cc2C2CC2)C1. The Labute approximate surface area is 220 Å². The van der Waals surface area contributed by atoms with E-state index in [0.29, 0.717) is 35.5 Å². The normalized spacial score (nSPS) is 18.5. The average Bonchev–Trinajstić information content (AvgIpc) is 3.82. The molecule has 0 unspecified atom stereocenters. The lowest BCUT2D eigenvalue weighted by Gasteiger charge is -2.28. The Kier molecular flexibility index (Phi) is 5.10. The van der Waals surface area contributed by atoms with Gasteiger partial charge in [0.05, 0.1) is 17.1 Å². The molecule has 7 nitrogen and oxygen atoms in total. The van der Waals surface area contributed by atoms with Gasteiger partial charge in [-0.05, 0) is 85.5 Å². The highest BCUT2D eigenvalue weighted by atomic mass is 35.5. The third-order valence-electron chi connectivity index (χ3n) is 8.17. The highest BCUT2D eigenvalue weighted by Crippen LogP contribution is 2.51. The Morgan fingerprint density at radius 2 is 2.03 bits per heavy atom. The van der Waals surface area contributed by atoms with Crippen LogP contribution in [0.1, 0.15) is 53.9 Å². The Balaban J connectivity index is 1.29. The van der Waals surface area contributed by atoms with E-state index in [0.717, 1.165) is 41.7 Å². The third-order valence-corrected chi connectivity index (χ3v) is 8.44. The van der Waals surface area contributed by atoms with Crippen molar-refractivity contribution in [3.05, 3.63) is 76.1 Å². The molecule has 0 spiro atoms. The summed E-state index contributed by atoms with van der Waals surface area (Å²) in [6, 6.07) is 12.3. The van der Waals surface area contributed by atoms with Gasteiger partial charge < -0.3 is 15.3 Å². The van der Waals surface area contributed by atoms with Gasteiger partial charge in [-0.25, -0.2) is 4.98 Å². The second-order valence-corrected chi connectivity index (χ2v) is 11.2. The average molecular weight is 514 g/mol. The summed E-state index contributed by atoms with van der Waals surface area (Å²) in [7, 11) is 2.17. The molecule has 0 amide bonds. The fourth-order valence-corrected chi connectivity index (χ4v) is 6.06. The first-order valence-electron chi connectivity index (χ1n) is 12.9. The second kappa shape index (κ2) is 8.30. The largest absolute Gasteiger partial charge is 0.481 e. The molecule has 2 aromatic carbocycles. The summed E-state index contributed by atoms with van der Waals surface area (Å²) in [6.07, 6.45) is 8.39. The standard InChI is InChI=1S/C29H28ClN5O2/c1-34-11-8-20-18(15-34)12-19(13-22(20)17-6-7-17)32-28-31-14-24(30)26(33-28)35-16-23(29(9-10-29)27(36)37)21-4-2-3-5-25(21)35/h2-5,12-14,16-17H,6-11,15H2,1H3,(H,36,37)(H,31,32,33). The minimum absolute atomic E-state index is 0.406. The first-order valence-corrected chi connectivity index (χ1v) is 13.3. The Morgan fingerprint density at radius 1 is 1.22 bits per heavy atom. The molecule has 0 bridgehead atoms. The number of benzene rings is 2. The lowest BCUT2D eigenvalue weighted by atomic mass is 9.91. The van der Waals surface area contributed by atoms with Gasteiger partial charge in [0.25, 0.3) is 0 Å². The number of hydrogen-bond donors (Lipinski definition) is 2. The smallest absolute Gasteiger partial charge is 0.314 e. The predicted molar refractivity (Wildman–Crippen MR) is 144 cm³/mol. The van der Waals surface area contributed by atoms with Crippen LogP contribution in [0, 0.1) is 0 Å². The van der Waals surface area contributed by atoms with E-state index >= 15 is 0 Å². The molecule has 3 aliphatic rings. The number of nitrogens with zero attached hydrogens (tertiary/aromatic N) is 4. The molecule has 0 saturated heterocycles. The van der Waals surface area contributed by atoms with E-state index in [-0.39, 0.29) is 0 Å². The van der Waals surface area contributed by atoms with Crippen molar-refractivity contribution < 1.29 is 9.90 Å². The van der Waals surface area contributed by atoms with E-state index in [2.05, 4.69) is 34.4 Å². The molecular formula is C29H28ClN5O2. The van der Waals surface area contributed by atoms with Gasteiger partial charge in [-0.3, -0.25) is 9.36 Å². The summed E-state index contributed by atoms with van der Waals surface area (Å²) in [6.45, 7) is 2.04. The first kappa shape index (κ1) is 22.8. The topological polar surface area (TPSA) is 83.3 Å². The van der Waals surface area contributed by atoms with Gasteiger partial charge in [0.15, 0.2) is 5.82 Å². The number of carboxylic acid groups (broad SMARTS) is 1. The van der Waals surface area contributed by atoms with Crippen molar-refractivity contribution in [3.8, 4) is 5.82 Å². The van der Waals surface area contributed by atoms with Gasteiger partial charge in [-0.15, -0.1) is 0 Å². The minimum Gasteiger partial charge on any atom is -0.481 e. The number of carboxylic acids is 1. The van der Waals surface area contributed by atoms with Gasteiger partial charge in [-0.1, -0.05) is 29.8 Å². The summed E-state index contributed by atoms with van der Waals surface area (Å²) in [5.74, 6) is 0.872. The number of fused-ring (bicyclic) bond motifs is 2. The Morgan fingerprint density at radius 3 is 2.78 bits per heavy atom. The monoisotopic (exact) mass is 513 g/mol. The maximum atomic E-state index is 12.1. The van der Waals surface area contributed by atoms with Crippen LogP contribution in [0.15, 0.2) is 48.8 Å². The fraction of sp³-hybridized carbons (Fsp3) is 0.345. The van der Waals surface area contributed by atoms with Crippen LogP contribution in [0.5, 0.6) is 0 Å². The summed E-state index contributed by atoms with van der Waals surface area (Å²) in [4.78, 5) is 23.8. The molecular weight excluding hydrogens is 486 g/mol. The molecule has 37 heavy (non-hydrogen) atoms. The molecule has 2 saturated carbocycles. The number of aromatic nitrogens is 3. The van der Waals surface area contributed by atoms with E-state index in [1.165, 1.54) is 29.5 Å². The van der Waals surface area contributed by atoms with Gasteiger partial charge in [0.2, 0.25) is 5.95 Å². The van der Waals surface area contributed by atoms with Crippen LogP contribution < -0.4 is 5.32 Å². The van der Waals surface area contributed by atoms with E-state index in [1.54, 1.807) is 6.20 Å². The minimum atomic E-state index is -0.832. The van der Waals surface area contributed by atoms with Gasteiger partial charge in [-0.2, -0.15) is 4.98 Å². The van der Waals surface area contributed by atoms with Crippen molar-refractivity contribution in [1.29, 1.82) is 0 Å². The van der Waals surface area contributed by atoms with E-state index in [1.807, 2.05) is 35.0 Å². The Hall–Kier alpha value is -3.42. The highest BCUT2D eigenvalue weighted by molar-refractivity contribution is 6.32. The summed E-state index contributed by atoms with van der Waals surface area (Å²) in [5, 5.41) is 14.7. The molecule has 8 heteroatoms. The number of aliphatic carboxylic acids is 1. The zero-order valence-corrected chi connectivity index (χ0v) is 21.4. The molecule has 0 radical (unpaired) electrons. The summed E-state index contributed by atoms with van der Waals surface area (Å²) < 4.78 is 1.90. The van der Waals surface area contributed by atoms with Crippen molar-refractivity contribution in [2.24, 2.45) is 0 Å². The highest BCUT2D eigenvalue weighted by Gasteiger charge is 2.53. The lowest BCUT2D eigenvalue weighted by molar-refractivity contribution is -0.140. The number of nitrogens with one attached hydrogen (secondary N) is 1. The molecule has 0 atom stereocenters. The van der Waals surface area contributed by atoms with Gasteiger partial charge >= 0.3 is 5.97 Å². The molecule has 4 aromatic rings.